The van der Waals surface area contributed by atoms with Crippen LogP contribution in [0, 0.1) is 5.82 Å². The molecule has 4 rings (SSSR count). The lowest BCUT2D eigenvalue weighted by Gasteiger charge is -2.43. The number of hydrogen-bond donors (Lipinski definition) is 1. The summed E-state index contributed by atoms with van der Waals surface area (Å²) in [6, 6.07) is 17.5. The van der Waals surface area contributed by atoms with Crippen molar-refractivity contribution in [3.8, 4) is 11.1 Å². The van der Waals surface area contributed by atoms with E-state index in [1.807, 2.05) is 49.4 Å². The number of nitrogens with zero attached hydrogens (tertiary/aromatic N) is 2. The Kier molecular flexibility index (Phi) is 6.28. The zero-order valence-electron chi connectivity index (χ0n) is 19.2. The Balaban J connectivity index is 1.55. The number of carbonyl (C=O) groups excluding carboxylic acids is 1. The molecule has 1 N–H and O–H groups in total. The highest BCUT2D eigenvalue weighted by Crippen LogP contribution is 2.41. The van der Waals surface area contributed by atoms with E-state index in [-0.39, 0.29) is 29.3 Å². The number of aromatic nitrogens is 1. The van der Waals surface area contributed by atoms with Gasteiger partial charge in [0.2, 0.25) is 0 Å². The van der Waals surface area contributed by atoms with Crippen molar-refractivity contribution in [3.05, 3.63) is 106 Å². The third kappa shape index (κ3) is 4.46. The van der Waals surface area contributed by atoms with E-state index in [4.69, 9.17) is 4.74 Å². The van der Waals surface area contributed by atoms with Gasteiger partial charge in [-0.1, -0.05) is 61.2 Å². The highest BCUT2D eigenvalue weighted by Gasteiger charge is 2.44. The largest absolute Gasteiger partial charge is 0.513 e. The van der Waals surface area contributed by atoms with Crippen molar-refractivity contribution in [2.45, 2.75) is 31.4 Å². The van der Waals surface area contributed by atoms with E-state index in [0.717, 1.165) is 17.3 Å². The van der Waals surface area contributed by atoms with Crippen LogP contribution in [-0.4, -0.2) is 27.2 Å². The molecule has 176 valence electrons. The molecule has 1 aliphatic heterocycles. The smallest absolute Gasteiger partial charge is 0.411 e. The van der Waals surface area contributed by atoms with Crippen LogP contribution in [0.1, 0.15) is 36.9 Å². The Morgan fingerprint density at radius 2 is 1.85 bits per heavy atom. The van der Waals surface area contributed by atoms with Gasteiger partial charge in [0, 0.05) is 44.3 Å². The van der Waals surface area contributed by atoms with Gasteiger partial charge in [0.05, 0.1) is 11.8 Å². The van der Waals surface area contributed by atoms with Gasteiger partial charge in [0.15, 0.2) is 0 Å². The molecule has 3 aromatic rings. The van der Waals surface area contributed by atoms with Crippen molar-refractivity contribution in [2.75, 3.05) is 6.54 Å². The lowest BCUT2D eigenvalue weighted by atomic mass is 9.85. The fraction of sp³-hybridized carbons (Fsp3) is 0.259. The number of aliphatic hydroxyl groups is 1. The summed E-state index contributed by atoms with van der Waals surface area (Å²) >= 11 is 0. The Morgan fingerprint density at radius 1 is 1.18 bits per heavy atom. The van der Waals surface area contributed by atoms with E-state index in [0.29, 0.717) is 18.5 Å². The van der Waals surface area contributed by atoms with Gasteiger partial charge in [-0.15, -0.1) is 0 Å². The number of amides is 1. The summed E-state index contributed by atoms with van der Waals surface area (Å²) in [5.41, 5.74) is 1.21. The SMILES string of the molecule is C=C(O)C[C@]1(c2ccccc2)CCN([C@@H](C)c2ccc(-c3cc(=O)n(C)cc3F)cc2)C(=O)O1. The Labute approximate surface area is 197 Å². The Hall–Kier alpha value is -3.87. The summed E-state index contributed by atoms with van der Waals surface area (Å²) in [5, 5.41) is 9.90. The minimum atomic E-state index is -0.971. The first-order chi connectivity index (χ1) is 16.2. The summed E-state index contributed by atoms with van der Waals surface area (Å²) in [4.78, 5) is 26.6. The first-order valence-corrected chi connectivity index (χ1v) is 11.1. The van der Waals surface area contributed by atoms with Crippen LogP contribution < -0.4 is 5.56 Å². The maximum Gasteiger partial charge on any atom is 0.411 e. The van der Waals surface area contributed by atoms with Crippen molar-refractivity contribution < 1.29 is 19.0 Å². The molecule has 6 nitrogen and oxygen atoms in total. The minimum absolute atomic E-state index is 0.0447. The van der Waals surface area contributed by atoms with Crippen LogP contribution in [0.4, 0.5) is 9.18 Å². The fourth-order valence-electron chi connectivity index (χ4n) is 4.46. The summed E-state index contributed by atoms with van der Waals surface area (Å²) in [7, 11) is 1.50. The number of rotatable bonds is 6. The zero-order chi connectivity index (χ0) is 24.5. The number of cyclic esters (lactones) is 1. The number of benzene rings is 2. The van der Waals surface area contributed by atoms with Crippen LogP contribution in [0.15, 0.2) is 84.0 Å². The predicted octanol–water partition coefficient (Wildman–Crippen LogP) is 5.45. The summed E-state index contributed by atoms with van der Waals surface area (Å²) < 4.78 is 21.5. The second-order valence-corrected chi connectivity index (χ2v) is 8.70. The van der Waals surface area contributed by atoms with Crippen molar-refractivity contribution >= 4 is 6.09 Å². The standard InChI is InChI=1S/C27H27FN2O4/c1-18(31)16-27(22-7-5-4-6-8-22)13-14-30(26(33)34-27)19(2)20-9-11-21(12-10-20)23-15-25(32)29(3)17-24(23)28/h4-12,15,17,19,31H,1,13-14,16H2,2-3H3/t19-,27-/m0/s1. The summed E-state index contributed by atoms with van der Waals surface area (Å²) in [5.74, 6) is -0.526. The molecule has 34 heavy (non-hydrogen) atoms. The molecule has 2 heterocycles. The molecule has 1 amide bonds. The highest BCUT2D eigenvalue weighted by atomic mass is 19.1. The molecule has 0 aliphatic carbocycles. The molecule has 1 saturated heterocycles. The maximum atomic E-state index is 14.4. The van der Waals surface area contributed by atoms with E-state index in [1.165, 1.54) is 17.7 Å². The van der Waals surface area contributed by atoms with Crippen LogP contribution in [0.5, 0.6) is 0 Å². The normalized spacial score (nSPS) is 18.9. The van der Waals surface area contributed by atoms with Crippen molar-refractivity contribution in [2.24, 2.45) is 7.05 Å². The summed E-state index contributed by atoms with van der Waals surface area (Å²) in [6.45, 7) is 5.92. The van der Waals surface area contributed by atoms with Crippen LogP contribution in [-0.2, 0) is 17.4 Å². The van der Waals surface area contributed by atoms with Crippen LogP contribution in [0.25, 0.3) is 11.1 Å². The molecular formula is C27H27FN2O4. The van der Waals surface area contributed by atoms with Gasteiger partial charge in [-0.05, 0) is 23.6 Å². The number of hydrogen-bond acceptors (Lipinski definition) is 4. The average Bonchev–Trinajstić information content (AvgIpc) is 2.81. The molecule has 0 unspecified atom stereocenters. The van der Waals surface area contributed by atoms with Gasteiger partial charge in [0.1, 0.15) is 11.4 Å². The van der Waals surface area contributed by atoms with E-state index in [2.05, 4.69) is 6.58 Å². The van der Waals surface area contributed by atoms with Crippen LogP contribution in [0.3, 0.4) is 0 Å². The molecule has 1 aromatic heterocycles. The lowest BCUT2D eigenvalue weighted by molar-refractivity contribution is -0.0645. The van der Waals surface area contributed by atoms with E-state index in [9.17, 15) is 19.1 Å². The van der Waals surface area contributed by atoms with Gasteiger partial charge in [-0.25, -0.2) is 9.18 Å². The maximum absolute atomic E-state index is 14.4. The number of ether oxygens (including phenoxy) is 1. The number of aliphatic hydroxyl groups excluding tert-OH is 1. The molecule has 0 radical (unpaired) electrons. The molecule has 7 heteroatoms. The van der Waals surface area contributed by atoms with E-state index >= 15 is 0 Å². The number of halogens is 1. The van der Waals surface area contributed by atoms with E-state index in [1.54, 1.807) is 17.0 Å². The first-order valence-electron chi connectivity index (χ1n) is 11.1. The molecule has 0 bridgehead atoms. The van der Waals surface area contributed by atoms with Gasteiger partial charge in [0.25, 0.3) is 5.56 Å². The van der Waals surface area contributed by atoms with Gasteiger partial charge in [-0.3, -0.25) is 4.79 Å². The fourth-order valence-corrected chi connectivity index (χ4v) is 4.46. The molecule has 1 fully saturated rings. The first kappa shape index (κ1) is 23.3. The summed E-state index contributed by atoms with van der Waals surface area (Å²) in [6.07, 6.45) is 1.30. The third-order valence-corrected chi connectivity index (χ3v) is 6.41. The quantitative estimate of drug-likeness (QED) is 0.495. The van der Waals surface area contributed by atoms with Crippen LogP contribution >= 0.6 is 0 Å². The molecule has 2 aromatic carbocycles. The Morgan fingerprint density at radius 3 is 2.47 bits per heavy atom. The minimum Gasteiger partial charge on any atom is -0.513 e. The Bertz CT molecular complexity index is 1270. The second-order valence-electron chi connectivity index (χ2n) is 8.70. The van der Waals surface area contributed by atoms with Gasteiger partial charge >= 0.3 is 6.09 Å². The monoisotopic (exact) mass is 462 g/mol. The molecule has 0 spiro atoms. The van der Waals surface area contributed by atoms with Crippen molar-refractivity contribution in [1.29, 1.82) is 0 Å². The molecule has 2 atom stereocenters. The van der Waals surface area contributed by atoms with Gasteiger partial charge in [-0.2, -0.15) is 0 Å². The van der Waals surface area contributed by atoms with Crippen molar-refractivity contribution in [3.63, 3.8) is 0 Å². The van der Waals surface area contributed by atoms with E-state index < -0.39 is 17.5 Å². The molecule has 1 aliphatic rings. The highest BCUT2D eigenvalue weighted by molar-refractivity contribution is 5.70. The number of pyridine rings is 1. The predicted molar refractivity (Wildman–Crippen MR) is 128 cm³/mol. The average molecular weight is 463 g/mol. The van der Waals surface area contributed by atoms with Gasteiger partial charge < -0.3 is 19.3 Å². The topological polar surface area (TPSA) is 71.8 Å². The third-order valence-electron chi connectivity index (χ3n) is 6.41. The lowest BCUT2D eigenvalue weighted by Crippen LogP contribution is -2.48. The molecular weight excluding hydrogens is 435 g/mol. The second kappa shape index (κ2) is 9.17. The number of carbonyl (C=O) groups is 1. The molecule has 0 saturated carbocycles. The number of aryl methyl sites for hydroxylation is 1. The van der Waals surface area contributed by atoms with Crippen LogP contribution in [0.2, 0.25) is 0 Å². The van der Waals surface area contributed by atoms with Crippen molar-refractivity contribution in [1.82, 2.24) is 9.47 Å². The zero-order valence-corrected chi connectivity index (χ0v) is 19.2.